The van der Waals surface area contributed by atoms with Crippen LogP contribution in [0.4, 0.5) is 11.5 Å². The van der Waals surface area contributed by atoms with E-state index in [4.69, 9.17) is 23.2 Å². The van der Waals surface area contributed by atoms with Crippen molar-refractivity contribution in [2.75, 3.05) is 10.0 Å². The molecule has 41 heavy (non-hydrogen) atoms. The Morgan fingerprint density at radius 1 is 0.756 bits per heavy atom. The molecule has 0 radical (unpaired) electrons. The van der Waals surface area contributed by atoms with E-state index in [9.17, 15) is 13.5 Å². The topological polar surface area (TPSA) is 104 Å². The van der Waals surface area contributed by atoms with E-state index < -0.39 is 28.1 Å². The van der Waals surface area contributed by atoms with E-state index in [2.05, 4.69) is 20.0 Å². The molecule has 0 aliphatic rings. The van der Waals surface area contributed by atoms with E-state index in [1.165, 1.54) is 18.2 Å². The van der Waals surface area contributed by atoms with Crippen molar-refractivity contribution in [3.05, 3.63) is 148 Å². The highest BCUT2D eigenvalue weighted by Crippen LogP contribution is 2.44. The molecular weight excluding hydrogens is 579 g/mol. The van der Waals surface area contributed by atoms with Gasteiger partial charge in [0.1, 0.15) is 10.7 Å². The summed E-state index contributed by atoms with van der Waals surface area (Å²) in [5, 5.41) is 15.5. The second kappa shape index (κ2) is 12.7. The molecule has 3 aromatic carbocycles. The first-order valence-electron chi connectivity index (χ1n) is 12.7. The molecule has 0 bridgehead atoms. The van der Waals surface area contributed by atoms with Gasteiger partial charge in [0.15, 0.2) is 0 Å². The summed E-state index contributed by atoms with van der Waals surface area (Å²) in [5.41, 5.74) is 2.14. The number of para-hydroxylation sites is 1. The fourth-order valence-electron chi connectivity index (χ4n) is 4.66. The molecule has 0 spiro atoms. The van der Waals surface area contributed by atoms with Crippen molar-refractivity contribution in [1.82, 2.24) is 9.97 Å². The number of benzene rings is 3. The first-order valence-corrected chi connectivity index (χ1v) is 15.0. The predicted molar refractivity (Wildman–Crippen MR) is 163 cm³/mol. The SMILES string of the molecule is O=S(=O)(Nc1ccccc1C(Nc1ccccn1)C(c1ccccn1)C(O)c1ccccc1)c1cc(Cl)ccc1Cl. The number of sulfonamides is 1. The van der Waals surface area contributed by atoms with Crippen LogP contribution in [0.3, 0.4) is 0 Å². The summed E-state index contributed by atoms with van der Waals surface area (Å²) >= 11 is 12.4. The Morgan fingerprint density at radius 2 is 1.44 bits per heavy atom. The van der Waals surface area contributed by atoms with Crippen LogP contribution in [0, 0.1) is 0 Å². The number of nitrogens with one attached hydrogen (secondary N) is 2. The summed E-state index contributed by atoms with van der Waals surface area (Å²) in [4.78, 5) is 8.89. The number of hydrogen-bond donors (Lipinski definition) is 3. The number of pyridine rings is 2. The van der Waals surface area contributed by atoms with E-state index in [1.807, 2.05) is 48.5 Å². The number of aliphatic hydroxyl groups is 1. The standard InChI is InChI=1S/C31H26Cl2N4O3S/c32-22-16-17-24(33)27(20-22)41(39,40)37-25-13-5-4-12-23(25)30(36-28-15-7-9-19-35-28)29(26-14-6-8-18-34-26)31(38)21-10-2-1-3-11-21/h1-20,29-31,37-38H,(H,35,36). The number of rotatable bonds is 10. The van der Waals surface area contributed by atoms with Gasteiger partial charge in [-0.25, -0.2) is 13.4 Å². The Balaban J connectivity index is 1.66. The van der Waals surface area contributed by atoms with Crippen LogP contribution in [0.1, 0.15) is 34.9 Å². The van der Waals surface area contributed by atoms with Gasteiger partial charge in [0.2, 0.25) is 0 Å². The quantitative estimate of drug-likeness (QED) is 0.155. The van der Waals surface area contributed by atoms with Crippen LogP contribution >= 0.6 is 23.2 Å². The summed E-state index contributed by atoms with van der Waals surface area (Å²) in [7, 11) is -4.15. The van der Waals surface area contributed by atoms with Crippen molar-refractivity contribution in [3.63, 3.8) is 0 Å². The smallest absolute Gasteiger partial charge is 0.263 e. The average Bonchev–Trinajstić information content (AvgIpc) is 2.99. The number of aliphatic hydroxyl groups excluding tert-OH is 1. The van der Waals surface area contributed by atoms with Crippen molar-refractivity contribution in [2.45, 2.75) is 23.0 Å². The minimum Gasteiger partial charge on any atom is -0.388 e. The maximum absolute atomic E-state index is 13.6. The van der Waals surface area contributed by atoms with Crippen molar-refractivity contribution in [2.24, 2.45) is 0 Å². The minimum absolute atomic E-state index is 0.0356. The molecule has 0 amide bonds. The number of anilines is 2. The van der Waals surface area contributed by atoms with E-state index in [0.29, 0.717) is 22.6 Å². The molecule has 0 aliphatic heterocycles. The fourth-order valence-corrected chi connectivity index (χ4v) is 6.51. The summed E-state index contributed by atoms with van der Waals surface area (Å²) in [6.45, 7) is 0. The second-order valence-electron chi connectivity index (χ2n) is 9.24. The maximum Gasteiger partial charge on any atom is 0.263 e. The van der Waals surface area contributed by atoms with Crippen LogP contribution < -0.4 is 10.0 Å². The third kappa shape index (κ3) is 6.69. The largest absolute Gasteiger partial charge is 0.388 e. The Morgan fingerprint density at radius 3 is 2.15 bits per heavy atom. The highest BCUT2D eigenvalue weighted by atomic mass is 35.5. The average molecular weight is 606 g/mol. The molecule has 7 nitrogen and oxygen atoms in total. The molecule has 5 rings (SSSR count). The first kappa shape index (κ1) is 28.6. The predicted octanol–water partition coefficient (Wildman–Crippen LogP) is 7.25. The van der Waals surface area contributed by atoms with Crippen LogP contribution in [0.2, 0.25) is 10.0 Å². The lowest BCUT2D eigenvalue weighted by Crippen LogP contribution is -2.27. The van der Waals surface area contributed by atoms with Gasteiger partial charge in [0, 0.05) is 23.1 Å². The Labute approximate surface area is 248 Å². The van der Waals surface area contributed by atoms with Crippen LogP contribution in [-0.4, -0.2) is 23.5 Å². The summed E-state index contributed by atoms with van der Waals surface area (Å²) in [5.74, 6) is -0.129. The van der Waals surface area contributed by atoms with Gasteiger partial charge in [-0.3, -0.25) is 9.71 Å². The molecule has 3 N–H and O–H groups in total. The van der Waals surface area contributed by atoms with Crippen LogP contribution in [0.5, 0.6) is 0 Å². The highest BCUT2D eigenvalue weighted by molar-refractivity contribution is 7.92. The highest BCUT2D eigenvalue weighted by Gasteiger charge is 2.35. The molecule has 3 atom stereocenters. The van der Waals surface area contributed by atoms with Gasteiger partial charge in [0.05, 0.1) is 28.8 Å². The zero-order chi connectivity index (χ0) is 28.8. The number of nitrogens with zero attached hydrogens (tertiary/aromatic N) is 2. The van der Waals surface area contributed by atoms with Crippen LogP contribution in [0.25, 0.3) is 0 Å². The number of hydrogen-bond acceptors (Lipinski definition) is 6. The number of halogens is 2. The lowest BCUT2D eigenvalue weighted by atomic mass is 9.82. The number of aromatic nitrogens is 2. The monoisotopic (exact) mass is 604 g/mol. The van der Waals surface area contributed by atoms with Gasteiger partial charge in [0.25, 0.3) is 10.0 Å². The lowest BCUT2D eigenvalue weighted by molar-refractivity contribution is 0.133. The van der Waals surface area contributed by atoms with Crippen molar-refractivity contribution in [1.29, 1.82) is 0 Å². The molecule has 0 saturated carbocycles. The molecule has 0 fully saturated rings. The fraction of sp³-hybridized carbons (Fsp3) is 0.0968. The molecule has 3 unspecified atom stereocenters. The zero-order valence-corrected chi connectivity index (χ0v) is 23.9. The molecule has 208 valence electrons. The van der Waals surface area contributed by atoms with Crippen molar-refractivity contribution < 1.29 is 13.5 Å². The van der Waals surface area contributed by atoms with E-state index in [1.54, 1.807) is 54.9 Å². The summed E-state index contributed by atoms with van der Waals surface area (Å²) in [6, 6.07) is 30.7. The Hall–Kier alpha value is -3.95. The second-order valence-corrected chi connectivity index (χ2v) is 11.7. The summed E-state index contributed by atoms with van der Waals surface area (Å²) in [6.07, 6.45) is 2.30. The normalized spacial score (nSPS) is 13.6. The molecule has 2 aromatic heterocycles. The molecule has 2 heterocycles. The summed E-state index contributed by atoms with van der Waals surface area (Å²) < 4.78 is 29.8. The maximum atomic E-state index is 13.6. The van der Waals surface area contributed by atoms with E-state index >= 15 is 0 Å². The molecular formula is C31H26Cl2N4O3S. The first-order chi connectivity index (χ1) is 19.8. The van der Waals surface area contributed by atoms with Gasteiger partial charge in [-0.2, -0.15) is 0 Å². The van der Waals surface area contributed by atoms with Crippen LogP contribution in [0.15, 0.2) is 126 Å². The van der Waals surface area contributed by atoms with Crippen molar-refractivity contribution >= 4 is 44.7 Å². The van der Waals surface area contributed by atoms with Gasteiger partial charge in [-0.05, 0) is 59.7 Å². The Bertz CT molecular complexity index is 1710. The van der Waals surface area contributed by atoms with Gasteiger partial charge in [-0.15, -0.1) is 0 Å². The van der Waals surface area contributed by atoms with E-state index in [-0.39, 0.29) is 20.6 Å². The van der Waals surface area contributed by atoms with Gasteiger partial charge < -0.3 is 10.4 Å². The van der Waals surface area contributed by atoms with Gasteiger partial charge >= 0.3 is 0 Å². The lowest BCUT2D eigenvalue weighted by Gasteiger charge is -2.33. The van der Waals surface area contributed by atoms with Crippen LogP contribution in [-0.2, 0) is 10.0 Å². The Kier molecular flexibility index (Phi) is 8.85. The molecule has 0 saturated heterocycles. The van der Waals surface area contributed by atoms with E-state index in [0.717, 1.165) is 0 Å². The molecule has 5 aromatic rings. The molecule has 0 aliphatic carbocycles. The zero-order valence-electron chi connectivity index (χ0n) is 21.6. The third-order valence-electron chi connectivity index (χ3n) is 6.56. The third-order valence-corrected chi connectivity index (χ3v) is 8.64. The van der Waals surface area contributed by atoms with Gasteiger partial charge in [-0.1, -0.05) is 83.9 Å². The molecule has 10 heteroatoms. The minimum atomic E-state index is -4.15. The van der Waals surface area contributed by atoms with Crippen molar-refractivity contribution in [3.8, 4) is 0 Å².